The fourth-order valence-corrected chi connectivity index (χ4v) is 2.52. The summed E-state index contributed by atoms with van der Waals surface area (Å²) in [5.74, 6) is -0.934. The van der Waals surface area contributed by atoms with Crippen molar-refractivity contribution in [1.82, 2.24) is 0 Å². The van der Waals surface area contributed by atoms with E-state index in [1.807, 2.05) is 18.2 Å². The maximum Gasteiger partial charge on any atom is 0.328 e. The van der Waals surface area contributed by atoms with Crippen molar-refractivity contribution in [1.29, 1.82) is 0 Å². The number of unbranched alkanes of at least 4 members (excludes halogenated alkanes) is 7. The van der Waals surface area contributed by atoms with Crippen LogP contribution in [0.15, 0.2) is 48.6 Å². The Hall–Kier alpha value is -1.61. The molecule has 0 saturated heterocycles. The third kappa shape index (κ3) is 20.3. The number of carboxylic acids is 1. The van der Waals surface area contributed by atoms with E-state index < -0.39 is 5.97 Å². The van der Waals surface area contributed by atoms with Gasteiger partial charge in [0.2, 0.25) is 0 Å². The second-order valence-electron chi connectivity index (χ2n) is 6.39. The predicted molar refractivity (Wildman–Crippen MR) is 107 cm³/mol. The van der Waals surface area contributed by atoms with Crippen molar-refractivity contribution in [3.63, 3.8) is 0 Å². The smallest absolute Gasteiger partial charge is 0.328 e. The minimum Gasteiger partial charge on any atom is -0.478 e. The van der Waals surface area contributed by atoms with E-state index in [1.54, 1.807) is 12.2 Å². The first-order valence-electron chi connectivity index (χ1n) is 9.74. The first-order valence-corrected chi connectivity index (χ1v) is 9.74. The van der Waals surface area contributed by atoms with Gasteiger partial charge in [0.1, 0.15) is 0 Å². The maximum atomic E-state index is 10.2. The molecule has 3 heteroatoms. The van der Waals surface area contributed by atoms with Crippen LogP contribution >= 0.6 is 0 Å². The lowest BCUT2D eigenvalue weighted by Crippen LogP contribution is -2.05. The van der Waals surface area contributed by atoms with E-state index in [2.05, 4.69) is 13.0 Å². The molecule has 1 atom stereocenters. The lowest BCUT2D eigenvalue weighted by atomic mass is 10.0. The summed E-state index contributed by atoms with van der Waals surface area (Å²) in [6.07, 6.45) is 26.8. The van der Waals surface area contributed by atoms with Gasteiger partial charge >= 0.3 is 5.97 Å². The van der Waals surface area contributed by atoms with Gasteiger partial charge in [0.15, 0.2) is 0 Å². The fraction of sp³-hybridized carbons (Fsp3) is 0.591. The molecule has 0 fully saturated rings. The van der Waals surface area contributed by atoms with Gasteiger partial charge in [-0.05, 0) is 25.7 Å². The van der Waals surface area contributed by atoms with E-state index in [-0.39, 0.29) is 6.10 Å². The second-order valence-corrected chi connectivity index (χ2v) is 6.39. The topological polar surface area (TPSA) is 57.5 Å². The highest BCUT2D eigenvalue weighted by Gasteiger charge is 2.02. The molecule has 25 heavy (non-hydrogen) atoms. The molecular weight excluding hydrogens is 312 g/mol. The van der Waals surface area contributed by atoms with Gasteiger partial charge in [-0.1, -0.05) is 94.4 Å². The van der Waals surface area contributed by atoms with Gasteiger partial charge < -0.3 is 10.2 Å². The van der Waals surface area contributed by atoms with Crippen molar-refractivity contribution in [2.24, 2.45) is 0 Å². The Bertz CT molecular complexity index is 419. The van der Waals surface area contributed by atoms with Crippen LogP contribution in [0.2, 0.25) is 0 Å². The molecular formula is C22H36O3. The summed E-state index contributed by atoms with van der Waals surface area (Å²) in [5.41, 5.74) is 0. The summed E-state index contributed by atoms with van der Waals surface area (Å²) in [5, 5.41) is 18.2. The third-order valence-electron chi connectivity index (χ3n) is 3.98. The van der Waals surface area contributed by atoms with Crippen molar-refractivity contribution >= 4 is 5.97 Å². The molecule has 0 aliphatic carbocycles. The van der Waals surface area contributed by atoms with Gasteiger partial charge in [-0.3, -0.25) is 0 Å². The molecule has 2 N–H and O–H groups in total. The Labute approximate surface area is 153 Å². The zero-order chi connectivity index (χ0) is 18.6. The predicted octanol–water partition coefficient (Wildman–Crippen LogP) is 5.97. The molecule has 1 unspecified atom stereocenters. The van der Waals surface area contributed by atoms with Crippen molar-refractivity contribution in [2.45, 2.75) is 83.7 Å². The monoisotopic (exact) mass is 348 g/mol. The molecule has 0 aromatic heterocycles. The Balaban J connectivity index is 3.41. The molecule has 0 saturated carbocycles. The Morgan fingerprint density at radius 2 is 1.36 bits per heavy atom. The number of hydrogen-bond donors (Lipinski definition) is 2. The highest BCUT2D eigenvalue weighted by molar-refractivity contribution is 5.80. The van der Waals surface area contributed by atoms with E-state index in [4.69, 9.17) is 5.11 Å². The number of aliphatic hydroxyl groups is 1. The van der Waals surface area contributed by atoms with Crippen LogP contribution in [0.5, 0.6) is 0 Å². The van der Waals surface area contributed by atoms with Gasteiger partial charge in [0, 0.05) is 6.08 Å². The van der Waals surface area contributed by atoms with Crippen LogP contribution in [0.1, 0.15) is 77.6 Å². The maximum absolute atomic E-state index is 10.2. The summed E-state index contributed by atoms with van der Waals surface area (Å²) in [6, 6.07) is 0. The molecule has 0 aliphatic heterocycles. The molecule has 142 valence electrons. The van der Waals surface area contributed by atoms with Crippen molar-refractivity contribution in [2.75, 3.05) is 0 Å². The average molecular weight is 349 g/mol. The van der Waals surface area contributed by atoms with Gasteiger partial charge in [-0.15, -0.1) is 0 Å². The number of carboxylic acid groups (broad SMARTS) is 1. The molecule has 0 aliphatic rings. The molecule has 0 amide bonds. The van der Waals surface area contributed by atoms with Crippen LogP contribution in [-0.4, -0.2) is 22.3 Å². The highest BCUT2D eigenvalue weighted by Crippen LogP contribution is 2.12. The number of aliphatic hydroxyl groups excluding tert-OH is 1. The molecule has 0 aromatic rings. The van der Waals surface area contributed by atoms with Crippen LogP contribution in [0.25, 0.3) is 0 Å². The van der Waals surface area contributed by atoms with Crippen molar-refractivity contribution in [3.05, 3.63) is 48.6 Å². The van der Waals surface area contributed by atoms with Gasteiger partial charge in [-0.2, -0.15) is 0 Å². The zero-order valence-electron chi connectivity index (χ0n) is 15.8. The number of hydrogen-bond acceptors (Lipinski definition) is 2. The summed E-state index contributed by atoms with van der Waals surface area (Å²) < 4.78 is 0. The van der Waals surface area contributed by atoms with Crippen LogP contribution in [0.3, 0.4) is 0 Å². The highest BCUT2D eigenvalue weighted by atomic mass is 16.4. The second kappa shape index (κ2) is 18.7. The summed E-state index contributed by atoms with van der Waals surface area (Å²) >= 11 is 0. The number of allylic oxidation sites excluding steroid dienone is 7. The minimum absolute atomic E-state index is 0.0880. The largest absolute Gasteiger partial charge is 0.478 e. The first kappa shape index (κ1) is 23.4. The standard InChI is InChI=1S/C22H36O3/c1-2-3-15-18-21(23)19-16-13-11-9-7-5-4-6-8-10-12-14-17-20-22(24)25/h4,6,8,10,12,14,17,20-21,23H,2-3,5,7,9,11,13,15-16,18-19H2,1H3,(H,24,25)/b6-4+,10-8+,14-12+,20-17+. The van der Waals surface area contributed by atoms with Crippen LogP contribution in [0, 0.1) is 0 Å². The zero-order valence-corrected chi connectivity index (χ0v) is 15.8. The molecule has 3 nitrogen and oxygen atoms in total. The molecule has 0 rings (SSSR count). The normalized spacial score (nSPS) is 13.7. The fourth-order valence-electron chi connectivity index (χ4n) is 2.52. The van der Waals surface area contributed by atoms with Crippen molar-refractivity contribution in [3.8, 4) is 0 Å². The number of aliphatic carboxylic acids is 1. The number of carbonyl (C=O) groups is 1. The van der Waals surface area contributed by atoms with E-state index in [1.165, 1.54) is 44.6 Å². The van der Waals surface area contributed by atoms with E-state index >= 15 is 0 Å². The molecule has 0 aromatic carbocycles. The number of rotatable bonds is 16. The lowest BCUT2D eigenvalue weighted by Gasteiger charge is -2.09. The minimum atomic E-state index is -0.934. The van der Waals surface area contributed by atoms with Crippen molar-refractivity contribution < 1.29 is 15.0 Å². The summed E-state index contributed by atoms with van der Waals surface area (Å²) in [7, 11) is 0. The lowest BCUT2D eigenvalue weighted by molar-refractivity contribution is -0.131. The van der Waals surface area contributed by atoms with E-state index in [9.17, 15) is 9.90 Å². The summed E-state index contributed by atoms with van der Waals surface area (Å²) in [4.78, 5) is 10.2. The van der Waals surface area contributed by atoms with Gasteiger partial charge in [0.05, 0.1) is 6.10 Å². The van der Waals surface area contributed by atoms with Gasteiger partial charge in [0.25, 0.3) is 0 Å². The Morgan fingerprint density at radius 1 is 0.800 bits per heavy atom. The van der Waals surface area contributed by atoms with Crippen LogP contribution in [0.4, 0.5) is 0 Å². The van der Waals surface area contributed by atoms with E-state index in [0.29, 0.717) is 0 Å². The molecule has 0 bridgehead atoms. The Kier molecular flexibility index (Phi) is 17.5. The SMILES string of the molecule is CCCCCC(O)CCCCCCC/C=C/C=C/C=C/C=C/C(=O)O. The quantitative estimate of drug-likeness (QED) is 0.205. The Morgan fingerprint density at radius 3 is 2.04 bits per heavy atom. The average Bonchev–Trinajstić information content (AvgIpc) is 2.58. The summed E-state index contributed by atoms with van der Waals surface area (Å²) in [6.45, 7) is 2.19. The van der Waals surface area contributed by atoms with E-state index in [0.717, 1.165) is 38.2 Å². The van der Waals surface area contributed by atoms with Gasteiger partial charge in [-0.25, -0.2) is 4.79 Å². The van der Waals surface area contributed by atoms with Crippen LogP contribution < -0.4 is 0 Å². The molecule has 0 spiro atoms. The third-order valence-corrected chi connectivity index (χ3v) is 3.98. The first-order chi connectivity index (χ1) is 12.2. The molecule has 0 heterocycles. The molecule has 0 radical (unpaired) electrons. The van der Waals surface area contributed by atoms with Crippen LogP contribution in [-0.2, 0) is 4.79 Å².